The molecule has 0 saturated carbocycles. The molecule has 0 radical (unpaired) electrons. The van der Waals surface area contributed by atoms with Gasteiger partial charge in [0.25, 0.3) is 17.7 Å². The third-order valence-electron chi connectivity index (χ3n) is 5.28. The summed E-state index contributed by atoms with van der Waals surface area (Å²) in [6.45, 7) is 2.53. The fourth-order valence-electron chi connectivity index (χ4n) is 3.58. The van der Waals surface area contributed by atoms with Crippen molar-refractivity contribution in [2.24, 2.45) is 5.73 Å². The number of rotatable bonds is 9. The van der Waals surface area contributed by atoms with E-state index in [2.05, 4.69) is 5.32 Å². The number of nitrogens with zero attached hydrogens (tertiary/aromatic N) is 1. The zero-order valence-corrected chi connectivity index (χ0v) is 18.9. The molecule has 9 heteroatoms. The van der Waals surface area contributed by atoms with Crippen molar-refractivity contribution in [2.45, 2.75) is 13.3 Å². The molecule has 4 rings (SSSR count). The lowest BCUT2D eigenvalue weighted by molar-refractivity contribution is -0.118. The van der Waals surface area contributed by atoms with Gasteiger partial charge < -0.3 is 20.5 Å². The van der Waals surface area contributed by atoms with Gasteiger partial charge in [0, 0.05) is 11.3 Å². The lowest BCUT2D eigenvalue weighted by Crippen LogP contribution is -2.29. The minimum Gasteiger partial charge on any atom is -0.494 e. The average Bonchev–Trinajstić information content (AvgIpc) is 3.10. The first-order valence-corrected chi connectivity index (χ1v) is 11.0. The molecule has 4 amide bonds. The largest absolute Gasteiger partial charge is 0.494 e. The van der Waals surface area contributed by atoms with Crippen LogP contribution in [0.2, 0.25) is 0 Å². The van der Waals surface area contributed by atoms with Crippen LogP contribution in [-0.2, 0) is 4.79 Å². The number of anilines is 2. The molecule has 0 atom stereocenters. The maximum Gasteiger partial charge on any atom is 0.266 e. The van der Waals surface area contributed by atoms with Crippen LogP contribution in [0.1, 0.15) is 44.4 Å². The van der Waals surface area contributed by atoms with Crippen molar-refractivity contribution in [3.05, 3.63) is 83.4 Å². The fraction of sp³-hybridized carbons (Fsp3) is 0.154. The van der Waals surface area contributed by atoms with Crippen molar-refractivity contribution in [1.29, 1.82) is 0 Å². The van der Waals surface area contributed by atoms with Crippen LogP contribution in [0.25, 0.3) is 0 Å². The van der Waals surface area contributed by atoms with Gasteiger partial charge in [-0.25, -0.2) is 4.90 Å². The number of nitrogens with two attached hydrogens (primary N) is 1. The monoisotopic (exact) mass is 473 g/mol. The summed E-state index contributed by atoms with van der Waals surface area (Å²) >= 11 is 0. The van der Waals surface area contributed by atoms with Crippen molar-refractivity contribution in [2.75, 3.05) is 23.4 Å². The first-order valence-electron chi connectivity index (χ1n) is 11.0. The van der Waals surface area contributed by atoms with Gasteiger partial charge in [-0.15, -0.1) is 0 Å². The Labute approximate surface area is 201 Å². The molecule has 0 unspecified atom stereocenters. The molecule has 9 nitrogen and oxygen atoms in total. The Morgan fingerprint density at radius 2 is 1.49 bits per heavy atom. The van der Waals surface area contributed by atoms with Crippen LogP contribution in [0.5, 0.6) is 11.5 Å². The number of ether oxygens (including phenoxy) is 2. The third kappa shape index (κ3) is 5.14. The van der Waals surface area contributed by atoms with Crippen molar-refractivity contribution in [1.82, 2.24) is 0 Å². The number of primary amides is 1. The first-order chi connectivity index (χ1) is 16.9. The molecule has 0 saturated heterocycles. The van der Waals surface area contributed by atoms with Gasteiger partial charge in [0.1, 0.15) is 11.5 Å². The molecule has 3 aromatic carbocycles. The summed E-state index contributed by atoms with van der Waals surface area (Å²) in [4.78, 5) is 50.5. The Kier molecular flexibility index (Phi) is 6.77. The summed E-state index contributed by atoms with van der Waals surface area (Å²) in [5.74, 6) is -0.673. The first kappa shape index (κ1) is 23.5. The van der Waals surface area contributed by atoms with Crippen molar-refractivity contribution in [3.63, 3.8) is 0 Å². The predicted molar refractivity (Wildman–Crippen MR) is 129 cm³/mol. The van der Waals surface area contributed by atoms with Crippen LogP contribution in [0, 0.1) is 0 Å². The van der Waals surface area contributed by atoms with Gasteiger partial charge in [0.2, 0.25) is 5.91 Å². The van der Waals surface area contributed by atoms with E-state index in [1.165, 1.54) is 18.2 Å². The van der Waals surface area contributed by atoms with E-state index in [1.54, 1.807) is 48.5 Å². The van der Waals surface area contributed by atoms with E-state index in [1.807, 2.05) is 6.92 Å². The number of imide groups is 1. The molecular formula is C26H23N3O6. The summed E-state index contributed by atoms with van der Waals surface area (Å²) in [6.07, 6.45) is 0.105. The van der Waals surface area contributed by atoms with E-state index < -0.39 is 23.6 Å². The predicted octanol–water partition coefficient (Wildman–Crippen LogP) is 3.39. The molecule has 3 aromatic rings. The van der Waals surface area contributed by atoms with Crippen molar-refractivity contribution >= 4 is 35.0 Å². The molecule has 178 valence electrons. The van der Waals surface area contributed by atoms with E-state index in [4.69, 9.17) is 15.2 Å². The second-order valence-electron chi connectivity index (χ2n) is 7.68. The van der Waals surface area contributed by atoms with Crippen molar-refractivity contribution in [3.8, 4) is 11.5 Å². The summed E-state index contributed by atoms with van der Waals surface area (Å²) < 4.78 is 10.8. The quantitative estimate of drug-likeness (QED) is 0.459. The van der Waals surface area contributed by atoms with E-state index in [9.17, 15) is 19.2 Å². The standard InChI is InChI=1S/C26H23N3O6/c1-2-34-19-10-6-18(7-11-19)29-25(32)21-12-3-16(15-22(21)26(29)33)24(31)28-17-4-8-20(9-5-17)35-14-13-23(27)30/h3-12,15H,2,13-14H2,1H3,(H2,27,30)(H,28,31). The molecule has 3 N–H and O–H groups in total. The zero-order valence-electron chi connectivity index (χ0n) is 18.9. The van der Waals surface area contributed by atoms with Gasteiger partial charge in [-0.2, -0.15) is 0 Å². The number of hydrogen-bond donors (Lipinski definition) is 2. The maximum atomic E-state index is 13.0. The topological polar surface area (TPSA) is 128 Å². The minimum absolute atomic E-state index is 0.105. The van der Waals surface area contributed by atoms with Crippen LogP contribution in [0.3, 0.4) is 0 Å². The number of hydrogen-bond acceptors (Lipinski definition) is 6. The van der Waals surface area contributed by atoms with Gasteiger partial charge in [-0.05, 0) is 73.7 Å². The molecular weight excluding hydrogens is 450 g/mol. The highest BCUT2D eigenvalue weighted by molar-refractivity contribution is 6.34. The second kappa shape index (κ2) is 10.1. The molecule has 0 fully saturated rings. The summed E-state index contributed by atoms with van der Waals surface area (Å²) in [6, 6.07) is 17.7. The number of nitrogens with one attached hydrogen (secondary N) is 1. The number of fused-ring (bicyclic) bond motifs is 1. The highest BCUT2D eigenvalue weighted by Crippen LogP contribution is 2.30. The minimum atomic E-state index is -0.499. The Hall–Kier alpha value is -4.66. The van der Waals surface area contributed by atoms with Gasteiger partial charge in [0.15, 0.2) is 0 Å². The molecule has 1 heterocycles. The Bertz CT molecular complexity index is 1290. The number of amides is 4. The highest BCUT2D eigenvalue weighted by atomic mass is 16.5. The van der Waals surface area contributed by atoms with Crippen LogP contribution in [-0.4, -0.2) is 36.8 Å². The molecule has 35 heavy (non-hydrogen) atoms. The van der Waals surface area contributed by atoms with Gasteiger partial charge in [-0.3, -0.25) is 19.2 Å². The van der Waals surface area contributed by atoms with Crippen LogP contribution in [0.4, 0.5) is 11.4 Å². The maximum absolute atomic E-state index is 13.0. The van der Waals surface area contributed by atoms with Gasteiger partial charge in [0.05, 0.1) is 36.4 Å². The number of carbonyl (C=O) groups excluding carboxylic acids is 4. The van der Waals surface area contributed by atoms with Gasteiger partial charge in [-0.1, -0.05) is 0 Å². The number of carbonyl (C=O) groups is 4. The molecule has 0 bridgehead atoms. The smallest absolute Gasteiger partial charge is 0.266 e. The normalized spacial score (nSPS) is 12.3. The van der Waals surface area contributed by atoms with E-state index in [-0.39, 0.29) is 29.7 Å². The third-order valence-corrected chi connectivity index (χ3v) is 5.28. The highest BCUT2D eigenvalue weighted by Gasteiger charge is 2.37. The summed E-state index contributed by atoms with van der Waals surface area (Å²) in [5, 5.41) is 2.75. The molecule has 0 spiro atoms. The summed E-state index contributed by atoms with van der Waals surface area (Å²) in [5.41, 5.74) is 6.64. The van der Waals surface area contributed by atoms with E-state index in [0.717, 1.165) is 4.90 Å². The molecule has 0 aromatic heterocycles. The van der Waals surface area contributed by atoms with Crippen LogP contribution < -0.4 is 25.4 Å². The lowest BCUT2D eigenvalue weighted by atomic mass is 10.1. The van der Waals surface area contributed by atoms with E-state index >= 15 is 0 Å². The molecule has 0 aliphatic carbocycles. The van der Waals surface area contributed by atoms with Crippen molar-refractivity contribution < 1.29 is 28.7 Å². The van der Waals surface area contributed by atoms with Crippen LogP contribution >= 0.6 is 0 Å². The van der Waals surface area contributed by atoms with Gasteiger partial charge >= 0.3 is 0 Å². The fourth-order valence-corrected chi connectivity index (χ4v) is 3.58. The molecule has 1 aliphatic heterocycles. The Morgan fingerprint density at radius 1 is 0.857 bits per heavy atom. The Morgan fingerprint density at radius 3 is 2.14 bits per heavy atom. The van der Waals surface area contributed by atoms with Crippen LogP contribution in [0.15, 0.2) is 66.7 Å². The Balaban J connectivity index is 1.45. The summed E-state index contributed by atoms with van der Waals surface area (Å²) in [7, 11) is 0. The average molecular weight is 473 g/mol. The van der Waals surface area contributed by atoms with E-state index in [0.29, 0.717) is 29.5 Å². The molecule has 1 aliphatic rings. The lowest BCUT2D eigenvalue weighted by Gasteiger charge is -2.14. The second-order valence-corrected chi connectivity index (χ2v) is 7.68. The zero-order chi connectivity index (χ0) is 24.9. The SMILES string of the molecule is CCOc1ccc(N2C(=O)c3ccc(C(=O)Nc4ccc(OCCC(N)=O)cc4)cc3C2=O)cc1. The number of benzene rings is 3.